The largest absolute Gasteiger partial charge is 0.465 e. The number of esters is 1. The normalized spacial score (nSPS) is 18.0. The van der Waals surface area contributed by atoms with Gasteiger partial charge in [0.15, 0.2) is 5.41 Å². The van der Waals surface area contributed by atoms with Crippen LogP contribution in [0.1, 0.15) is 29.9 Å². The van der Waals surface area contributed by atoms with Crippen LogP contribution >= 0.6 is 0 Å². The number of amides is 2. The Kier molecular flexibility index (Phi) is 4.29. The molecule has 2 aromatic rings. The highest BCUT2D eigenvalue weighted by Gasteiger charge is 2.50. The van der Waals surface area contributed by atoms with Crippen molar-refractivity contribution in [2.45, 2.75) is 19.3 Å². The first-order valence-electron chi connectivity index (χ1n) is 7.86. The van der Waals surface area contributed by atoms with Crippen LogP contribution in [0.2, 0.25) is 0 Å². The molecule has 0 radical (unpaired) electrons. The number of aromatic nitrogens is 2. The monoisotopic (exact) mass is 356 g/mol. The Morgan fingerprint density at radius 3 is 2.65 bits per heavy atom. The molecule has 1 aromatic carbocycles. The van der Waals surface area contributed by atoms with Gasteiger partial charge >= 0.3 is 5.97 Å². The Morgan fingerprint density at radius 2 is 2.00 bits per heavy atom. The summed E-state index contributed by atoms with van der Waals surface area (Å²) in [5, 5.41) is 11.1. The van der Waals surface area contributed by atoms with E-state index in [0.717, 1.165) is 0 Å². The molecular formula is C17H16N4O5. The van der Waals surface area contributed by atoms with Crippen LogP contribution in [0.25, 0.3) is 0 Å². The van der Waals surface area contributed by atoms with Gasteiger partial charge in [0.1, 0.15) is 5.69 Å². The highest BCUT2D eigenvalue weighted by molar-refractivity contribution is 6.19. The maximum absolute atomic E-state index is 12.3. The number of hydrogen-bond donors (Lipinski definition) is 3. The summed E-state index contributed by atoms with van der Waals surface area (Å²) in [7, 11) is 0. The SMILES string of the molecule is CCOC(=O)C1(C)C(=O)Nc2cc(NC(=O)c3ccc(=O)[nH]n3)ccc21. The lowest BCUT2D eigenvalue weighted by atomic mass is 9.84. The van der Waals surface area contributed by atoms with Crippen LogP contribution in [0.5, 0.6) is 0 Å². The second kappa shape index (κ2) is 6.43. The number of fused-ring (bicyclic) bond motifs is 1. The summed E-state index contributed by atoms with van der Waals surface area (Å²) in [6, 6.07) is 7.18. The van der Waals surface area contributed by atoms with Gasteiger partial charge in [0.2, 0.25) is 5.91 Å². The van der Waals surface area contributed by atoms with Crippen molar-refractivity contribution in [3.63, 3.8) is 0 Å². The molecule has 9 heteroatoms. The van der Waals surface area contributed by atoms with Gasteiger partial charge in [0.25, 0.3) is 11.5 Å². The molecule has 0 bridgehead atoms. The average Bonchev–Trinajstić information content (AvgIpc) is 2.87. The van der Waals surface area contributed by atoms with Crippen molar-refractivity contribution in [2.75, 3.05) is 17.2 Å². The Morgan fingerprint density at radius 1 is 1.23 bits per heavy atom. The van der Waals surface area contributed by atoms with E-state index < -0.39 is 28.8 Å². The van der Waals surface area contributed by atoms with Crippen LogP contribution in [0, 0.1) is 0 Å². The first kappa shape index (κ1) is 17.3. The first-order valence-corrected chi connectivity index (χ1v) is 7.86. The van der Waals surface area contributed by atoms with Gasteiger partial charge < -0.3 is 15.4 Å². The number of rotatable bonds is 4. The molecule has 1 unspecified atom stereocenters. The maximum Gasteiger partial charge on any atom is 0.326 e. The summed E-state index contributed by atoms with van der Waals surface area (Å²) >= 11 is 0. The van der Waals surface area contributed by atoms with E-state index >= 15 is 0 Å². The zero-order chi connectivity index (χ0) is 18.9. The number of hydrogen-bond acceptors (Lipinski definition) is 6. The van der Waals surface area contributed by atoms with Gasteiger partial charge in [-0.25, -0.2) is 5.10 Å². The highest BCUT2D eigenvalue weighted by Crippen LogP contribution is 2.40. The molecule has 26 heavy (non-hydrogen) atoms. The molecule has 3 N–H and O–H groups in total. The van der Waals surface area contributed by atoms with Crippen molar-refractivity contribution in [3.8, 4) is 0 Å². The number of nitrogens with zero attached hydrogens (tertiary/aromatic N) is 1. The second-order valence-electron chi connectivity index (χ2n) is 5.82. The topological polar surface area (TPSA) is 130 Å². The fourth-order valence-corrected chi connectivity index (χ4v) is 2.68. The third-order valence-electron chi connectivity index (χ3n) is 4.11. The van der Waals surface area contributed by atoms with E-state index in [9.17, 15) is 19.2 Å². The minimum absolute atomic E-state index is 0.0329. The Hall–Kier alpha value is -3.49. The third kappa shape index (κ3) is 2.83. The van der Waals surface area contributed by atoms with Crippen LogP contribution in [0.15, 0.2) is 35.1 Å². The predicted molar refractivity (Wildman–Crippen MR) is 91.9 cm³/mol. The van der Waals surface area contributed by atoms with Crippen molar-refractivity contribution in [1.29, 1.82) is 0 Å². The van der Waals surface area contributed by atoms with Crippen LogP contribution < -0.4 is 16.2 Å². The fourth-order valence-electron chi connectivity index (χ4n) is 2.68. The second-order valence-corrected chi connectivity index (χ2v) is 5.82. The van der Waals surface area contributed by atoms with Crippen LogP contribution in [-0.4, -0.2) is 34.6 Å². The van der Waals surface area contributed by atoms with Crippen LogP contribution in [0.4, 0.5) is 11.4 Å². The summed E-state index contributed by atoms with van der Waals surface area (Å²) in [5.41, 5.74) is -0.534. The minimum atomic E-state index is -1.44. The summed E-state index contributed by atoms with van der Waals surface area (Å²) in [6.45, 7) is 3.32. The molecule has 0 aliphatic carbocycles. The number of carbonyl (C=O) groups is 3. The number of ether oxygens (including phenoxy) is 1. The molecule has 1 aliphatic heterocycles. The van der Waals surface area contributed by atoms with Crippen molar-refractivity contribution < 1.29 is 19.1 Å². The van der Waals surface area contributed by atoms with E-state index in [1.54, 1.807) is 25.1 Å². The number of benzene rings is 1. The van der Waals surface area contributed by atoms with E-state index in [4.69, 9.17) is 4.74 Å². The van der Waals surface area contributed by atoms with Gasteiger partial charge in [-0.2, -0.15) is 5.10 Å². The quantitative estimate of drug-likeness (QED) is 0.548. The minimum Gasteiger partial charge on any atom is -0.465 e. The lowest BCUT2D eigenvalue weighted by molar-refractivity contribution is -0.152. The van der Waals surface area contributed by atoms with Gasteiger partial charge in [-0.3, -0.25) is 19.2 Å². The molecular weight excluding hydrogens is 340 g/mol. The lowest BCUT2D eigenvalue weighted by Gasteiger charge is -2.19. The predicted octanol–water partition coefficient (Wildman–Crippen LogP) is 0.795. The summed E-state index contributed by atoms with van der Waals surface area (Å²) < 4.78 is 5.01. The number of anilines is 2. The molecule has 0 spiro atoms. The first-order chi connectivity index (χ1) is 12.4. The zero-order valence-electron chi connectivity index (χ0n) is 14.1. The molecule has 134 valence electrons. The average molecular weight is 356 g/mol. The Balaban J connectivity index is 1.86. The van der Waals surface area contributed by atoms with Crippen LogP contribution in [-0.2, 0) is 19.7 Å². The maximum atomic E-state index is 12.3. The molecule has 2 amide bonds. The smallest absolute Gasteiger partial charge is 0.326 e. The number of aromatic amines is 1. The molecule has 0 fully saturated rings. The number of H-pyrrole nitrogens is 1. The molecule has 0 saturated heterocycles. The third-order valence-corrected chi connectivity index (χ3v) is 4.11. The summed E-state index contributed by atoms with van der Waals surface area (Å²) in [5.74, 6) is -1.65. The molecule has 0 saturated carbocycles. The highest BCUT2D eigenvalue weighted by atomic mass is 16.5. The standard InChI is InChI=1S/C17H16N4O5/c1-3-26-16(25)17(2)10-5-4-9(8-12(10)19-15(17)24)18-14(23)11-6-7-13(22)21-20-11/h4-8H,3H2,1-2H3,(H,18,23)(H,19,24)(H,21,22). The van der Waals surface area contributed by atoms with E-state index in [1.807, 2.05) is 0 Å². The van der Waals surface area contributed by atoms with Crippen molar-refractivity contribution in [2.24, 2.45) is 0 Å². The van der Waals surface area contributed by atoms with Crippen LogP contribution in [0.3, 0.4) is 0 Å². The molecule has 1 atom stereocenters. The fraction of sp³-hybridized carbons (Fsp3) is 0.235. The van der Waals surface area contributed by atoms with Crippen molar-refractivity contribution in [1.82, 2.24) is 10.2 Å². The molecule has 1 aliphatic rings. The van der Waals surface area contributed by atoms with E-state index in [-0.39, 0.29) is 12.3 Å². The van der Waals surface area contributed by atoms with Gasteiger partial charge in [-0.1, -0.05) is 6.07 Å². The van der Waals surface area contributed by atoms with Gasteiger partial charge in [0.05, 0.1) is 6.61 Å². The Labute approximate surface area is 147 Å². The molecule has 3 rings (SSSR count). The summed E-state index contributed by atoms with van der Waals surface area (Å²) in [4.78, 5) is 47.7. The zero-order valence-corrected chi connectivity index (χ0v) is 14.1. The molecule has 9 nitrogen and oxygen atoms in total. The van der Waals surface area contributed by atoms with Crippen molar-refractivity contribution in [3.05, 3.63) is 51.9 Å². The van der Waals surface area contributed by atoms with Gasteiger partial charge in [-0.15, -0.1) is 0 Å². The Bertz CT molecular complexity index is 947. The van der Waals surface area contributed by atoms with E-state index in [0.29, 0.717) is 16.9 Å². The van der Waals surface area contributed by atoms with Crippen molar-refractivity contribution >= 4 is 29.2 Å². The number of carbonyl (C=O) groups excluding carboxylic acids is 3. The van der Waals surface area contributed by atoms with Gasteiger partial charge in [0, 0.05) is 23.0 Å². The van der Waals surface area contributed by atoms with E-state index in [2.05, 4.69) is 20.8 Å². The molecule has 2 heterocycles. The lowest BCUT2D eigenvalue weighted by Crippen LogP contribution is -2.40. The van der Waals surface area contributed by atoms with E-state index in [1.165, 1.54) is 19.1 Å². The molecule has 1 aromatic heterocycles. The number of nitrogens with one attached hydrogen (secondary N) is 3. The van der Waals surface area contributed by atoms with Gasteiger partial charge in [-0.05, 0) is 32.0 Å². The summed E-state index contributed by atoms with van der Waals surface area (Å²) in [6.07, 6.45) is 0.